The molecule has 21 heavy (non-hydrogen) atoms. The molecule has 0 radical (unpaired) electrons. The highest BCUT2D eigenvalue weighted by molar-refractivity contribution is 9.10. The Morgan fingerprint density at radius 2 is 1.76 bits per heavy atom. The van der Waals surface area contributed by atoms with Crippen LogP contribution in [0.5, 0.6) is 0 Å². The van der Waals surface area contributed by atoms with Crippen LogP contribution in [0.3, 0.4) is 0 Å². The second-order valence-electron chi connectivity index (χ2n) is 3.03. The zero-order valence-electron chi connectivity index (χ0n) is 12.6. The van der Waals surface area contributed by atoms with E-state index in [0.29, 0.717) is 5.69 Å². The molecule has 0 unspecified atom stereocenters. The van der Waals surface area contributed by atoms with Gasteiger partial charge in [-0.05, 0) is 31.0 Å². The Labute approximate surface area is 134 Å². The van der Waals surface area contributed by atoms with Crippen molar-refractivity contribution in [2.45, 2.75) is 13.8 Å². The van der Waals surface area contributed by atoms with Gasteiger partial charge in [-0.2, -0.15) is 0 Å². The normalized spacial score (nSPS) is 8.00. The Hall–Kier alpha value is -2.01. The first-order valence-electron chi connectivity index (χ1n) is 6.20. The Kier molecular flexibility index (Phi) is 13.2. The number of nitrogens with one attached hydrogen (secondary N) is 1. The summed E-state index contributed by atoms with van der Waals surface area (Å²) >= 11 is 3.37. The van der Waals surface area contributed by atoms with Crippen LogP contribution < -0.4 is 0 Å². The highest BCUT2D eigenvalue weighted by Gasteiger charge is 2.07. The summed E-state index contributed by atoms with van der Waals surface area (Å²) in [6, 6.07) is 9.19. The molecule has 2 rings (SSSR count). The van der Waals surface area contributed by atoms with Crippen molar-refractivity contribution in [2.75, 3.05) is 7.11 Å². The number of carbonyl (C=O) groups is 1. The van der Waals surface area contributed by atoms with Gasteiger partial charge < -0.3 is 10.1 Å². The minimum absolute atomic E-state index is 0.326. The Morgan fingerprint density at radius 1 is 1.19 bits per heavy atom. The average Bonchev–Trinajstić information content (AvgIpc) is 2.59. The van der Waals surface area contributed by atoms with E-state index in [1.165, 1.54) is 7.11 Å². The lowest BCUT2D eigenvalue weighted by molar-refractivity contribution is 0.0594. The van der Waals surface area contributed by atoms with Gasteiger partial charge in [-0.3, -0.25) is 0 Å². The fourth-order valence-corrected chi connectivity index (χ4v) is 1.69. The van der Waals surface area contributed by atoms with E-state index in [1.54, 1.807) is 6.07 Å². The van der Waals surface area contributed by atoms with Crippen molar-refractivity contribution < 1.29 is 9.53 Å². The van der Waals surface area contributed by atoms with Gasteiger partial charge in [0.15, 0.2) is 0 Å². The molecule has 5 heteroatoms. The number of hydrogen-bond acceptors (Lipinski definition) is 4. The zero-order valence-corrected chi connectivity index (χ0v) is 14.2. The number of nitrogens with zero attached hydrogens (tertiary/aromatic N) is 1. The van der Waals surface area contributed by atoms with Crippen LogP contribution in [0.25, 0.3) is 10.9 Å². The van der Waals surface area contributed by atoms with Crippen molar-refractivity contribution in [1.29, 1.82) is 5.41 Å². The Morgan fingerprint density at radius 3 is 2.29 bits per heavy atom. The van der Waals surface area contributed by atoms with Gasteiger partial charge in [-0.15, -0.1) is 13.2 Å². The Balaban J connectivity index is 0. The van der Waals surface area contributed by atoms with Crippen LogP contribution in [0.2, 0.25) is 0 Å². The number of halogens is 1. The monoisotopic (exact) mass is 352 g/mol. The summed E-state index contributed by atoms with van der Waals surface area (Å²) in [5, 5.41) is 6.48. The second-order valence-corrected chi connectivity index (χ2v) is 3.94. The molecular formula is C16H21BrN2O2. The number of esters is 1. The lowest BCUT2D eigenvalue weighted by Gasteiger charge is -2.01. The minimum atomic E-state index is -0.417. The predicted molar refractivity (Wildman–Crippen MR) is 93.2 cm³/mol. The number of rotatable bonds is 1. The van der Waals surface area contributed by atoms with E-state index in [1.807, 2.05) is 38.1 Å². The first-order chi connectivity index (χ1) is 10.2. The first-order valence-corrected chi connectivity index (χ1v) is 7.00. The van der Waals surface area contributed by atoms with Crippen LogP contribution in [0.1, 0.15) is 24.3 Å². The second kappa shape index (κ2) is 13.0. The molecule has 2 aromatic rings. The van der Waals surface area contributed by atoms with Gasteiger partial charge in [0, 0.05) is 9.86 Å². The van der Waals surface area contributed by atoms with Gasteiger partial charge in [-0.1, -0.05) is 35.8 Å². The molecule has 0 spiro atoms. The predicted octanol–water partition coefficient (Wildman–Crippen LogP) is 4.88. The molecule has 114 valence electrons. The number of benzene rings is 1. The number of pyridine rings is 1. The maximum Gasteiger partial charge on any atom is 0.356 e. The Bertz CT molecular complexity index is 557. The zero-order chi connectivity index (χ0) is 16.8. The summed E-state index contributed by atoms with van der Waals surface area (Å²) in [7, 11) is 1.34. The molecule has 0 amide bonds. The van der Waals surface area contributed by atoms with Crippen LogP contribution in [0, 0.1) is 5.41 Å². The van der Waals surface area contributed by atoms with Crippen molar-refractivity contribution >= 4 is 39.5 Å². The van der Waals surface area contributed by atoms with E-state index in [0.717, 1.165) is 15.4 Å². The smallest absolute Gasteiger partial charge is 0.356 e. The van der Waals surface area contributed by atoms with Gasteiger partial charge in [0.25, 0.3) is 0 Å². The number of carbonyl (C=O) groups excluding carboxylic acids is 1. The quantitative estimate of drug-likeness (QED) is 0.452. The van der Waals surface area contributed by atoms with Crippen LogP contribution in [-0.4, -0.2) is 24.8 Å². The van der Waals surface area contributed by atoms with Gasteiger partial charge in [-0.25, -0.2) is 9.78 Å². The van der Waals surface area contributed by atoms with Crippen molar-refractivity contribution in [1.82, 2.24) is 4.98 Å². The molecule has 1 N–H and O–H groups in total. The standard InChI is InChI=1S/C11H8BrNO2.C2H6.C2H4.CH3N/c1-15-11(14)10-4-2-7-6-8(12)3-5-9(7)13-10;3*1-2/h2-6H,1H3;1-2H3;1-2H2;2H,1H2. The molecule has 0 saturated carbocycles. The molecule has 0 saturated heterocycles. The van der Waals surface area contributed by atoms with Gasteiger partial charge in [0.05, 0.1) is 12.6 Å². The molecule has 1 heterocycles. The van der Waals surface area contributed by atoms with Crippen LogP contribution in [-0.2, 0) is 4.74 Å². The highest BCUT2D eigenvalue weighted by atomic mass is 79.9. The number of aromatic nitrogens is 1. The van der Waals surface area contributed by atoms with Crippen molar-refractivity contribution in [2.24, 2.45) is 0 Å². The van der Waals surface area contributed by atoms with Crippen LogP contribution >= 0.6 is 15.9 Å². The van der Waals surface area contributed by atoms with E-state index in [9.17, 15) is 4.79 Å². The summed E-state index contributed by atoms with van der Waals surface area (Å²) in [4.78, 5) is 15.4. The van der Waals surface area contributed by atoms with E-state index >= 15 is 0 Å². The number of hydrogen-bond donors (Lipinski definition) is 1. The number of methoxy groups -OCH3 is 1. The van der Waals surface area contributed by atoms with Gasteiger partial charge >= 0.3 is 5.97 Å². The fraction of sp³-hybridized carbons (Fsp3) is 0.188. The van der Waals surface area contributed by atoms with Crippen molar-refractivity contribution in [3.63, 3.8) is 0 Å². The van der Waals surface area contributed by atoms with Crippen molar-refractivity contribution in [3.05, 3.63) is 53.7 Å². The topological polar surface area (TPSA) is 63.0 Å². The van der Waals surface area contributed by atoms with Gasteiger partial charge in [0.1, 0.15) is 5.69 Å². The first kappa shape index (κ1) is 21.3. The summed E-state index contributed by atoms with van der Waals surface area (Å²) in [5.41, 5.74) is 1.11. The molecule has 0 fully saturated rings. The molecule has 0 atom stereocenters. The third kappa shape index (κ3) is 6.81. The molecule has 1 aromatic heterocycles. The average molecular weight is 353 g/mol. The molecule has 1 aromatic carbocycles. The largest absolute Gasteiger partial charge is 0.464 e. The third-order valence-corrected chi connectivity index (χ3v) is 2.54. The molecule has 0 bridgehead atoms. The maximum absolute atomic E-state index is 11.2. The lowest BCUT2D eigenvalue weighted by Crippen LogP contribution is -2.03. The maximum atomic E-state index is 11.2. The summed E-state index contributed by atoms with van der Waals surface area (Å²) in [6.07, 6.45) is 0. The SMILES string of the molecule is C=C.C=N.CC.COC(=O)c1ccc2cc(Br)ccc2n1. The van der Waals surface area contributed by atoms with Crippen LogP contribution in [0.4, 0.5) is 0 Å². The number of fused-ring (bicyclic) bond motifs is 1. The van der Waals surface area contributed by atoms with E-state index < -0.39 is 5.97 Å². The third-order valence-electron chi connectivity index (χ3n) is 2.05. The molecule has 4 nitrogen and oxygen atoms in total. The minimum Gasteiger partial charge on any atom is -0.464 e. The molecular weight excluding hydrogens is 332 g/mol. The van der Waals surface area contributed by atoms with Crippen molar-refractivity contribution in [3.8, 4) is 0 Å². The number of ether oxygens (including phenoxy) is 1. The summed E-state index contributed by atoms with van der Waals surface area (Å²) < 4.78 is 5.59. The van der Waals surface area contributed by atoms with E-state index in [2.05, 4.69) is 45.5 Å². The molecule has 0 aliphatic heterocycles. The van der Waals surface area contributed by atoms with E-state index in [4.69, 9.17) is 5.41 Å². The summed E-state index contributed by atoms with van der Waals surface area (Å²) in [5.74, 6) is -0.417. The van der Waals surface area contributed by atoms with E-state index in [-0.39, 0.29) is 0 Å². The molecule has 0 aliphatic carbocycles. The highest BCUT2D eigenvalue weighted by Crippen LogP contribution is 2.18. The lowest BCUT2D eigenvalue weighted by atomic mass is 10.2. The summed E-state index contributed by atoms with van der Waals surface area (Å²) in [6.45, 7) is 12.5. The van der Waals surface area contributed by atoms with Crippen LogP contribution in [0.15, 0.2) is 48.0 Å². The molecule has 0 aliphatic rings. The fourth-order valence-electron chi connectivity index (χ4n) is 1.31. The van der Waals surface area contributed by atoms with Gasteiger partial charge in [0.2, 0.25) is 0 Å².